The molecule has 2 aliphatic rings. The summed E-state index contributed by atoms with van der Waals surface area (Å²) in [5.41, 5.74) is 1.69. The van der Waals surface area contributed by atoms with Crippen molar-refractivity contribution >= 4 is 18.1 Å². The van der Waals surface area contributed by atoms with Gasteiger partial charge >= 0.3 is 6.09 Å². The van der Waals surface area contributed by atoms with Gasteiger partial charge in [0.15, 0.2) is 0 Å². The first-order valence-corrected chi connectivity index (χ1v) is 8.34. The fourth-order valence-corrected chi connectivity index (χ4v) is 3.07. The van der Waals surface area contributed by atoms with Gasteiger partial charge in [0, 0.05) is 25.4 Å². The molecule has 126 valence electrons. The summed E-state index contributed by atoms with van der Waals surface area (Å²) in [6.45, 7) is 9.34. The molecule has 0 spiro atoms. The SMILES string of the molecule is CC1=Cn2nc(C3CCCCN3C(=O)OC(C)(C)C)cc2NC1. The first kappa shape index (κ1) is 15.9. The predicted molar refractivity (Wildman–Crippen MR) is 90.2 cm³/mol. The Morgan fingerprint density at radius 1 is 1.39 bits per heavy atom. The van der Waals surface area contributed by atoms with E-state index in [0.717, 1.165) is 43.9 Å². The third kappa shape index (κ3) is 3.51. The summed E-state index contributed by atoms with van der Waals surface area (Å²) in [6, 6.07) is 2.04. The van der Waals surface area contributed by atoms with E-state index in [1.165, 1.54) is 5.57 Å². The van der Waals surface area contributed by atoms with Crippen LogP contribution in [-0.2, 0) is 4.74 Å². The van der Waals surface area contributed by atoms with Gasteiger partial charge < -0.3 is 10.1 Å². The molecular formula is C17H26N4O2. The first-order valence-electron chi connectivity index (χ1n) is 8.34. The molecule has 6 nitrogen and oxygen atoms in total. The van der Waals surface area contributed by atoms with Gasteiger partial charge in [0.05, 0.1) is 11.7 Å². The van der Waals surface area contributed by atoms with Gasteiger partial charge in [0.1, 0.15) is 11.4 Å². The minimum atomic E-state index is -0.478. The second-order valence-electron chi connectivity index (χ2n) is 7.41. The second-order valence-corrected chi connectivity index (χ2v) is 7.41. The summed E-state index contributed by atoms with van der Waals surface area (Å²) in [6.07, 6.45) is 4.84. The smallest absolute Gasteiger partial charge is 0.410 e. The fourth-order valence-electron chi connectivity index (χ4n) is 3.07. The van der Waals surface area contributed by atoms with Crippen molar-refractivity contribution in [2.24, 2.45) is 0 Å². The number of nitrogens with one attached hydrogen (secondary N) is 1. The molecule has 2 aliphatic heterocycles. The molecule has 0 aromatic carbocycles. The molecule has 1 fully saturated rings. The van der Waals surface area contributed by atoms with Crippen LogP contribution in [0.1, 0.15) is 58.7 Å². The number of aromatic nitrogens is 2. The summed E-state index contributed by atoms with van der Waals surface area (Å²) in [7, 11) is 0. The van der Waals surface area contributed by atoms with E-state index in [-0.39, 0.29) is 12.1 Å². The molecule has 1 amide bonds. The van der Waals surface area contributed by atoms with Crippen molar-refractivity contribution < 1.29 is 9.53 Å². The van der Waals surface area contributed by atoms with E-state index in [4.69, 9.17) is 4.74 Å². The van der Waals surface area contributed by atoms with Crippen LogP contribution in [0.15, 0.2) is 11.6 Å². The number of amides is 1. The summed E-state index contributed by atoms with van der Waals surface area (Å²) in [5.74, 6) is 0.986. The van der Waals surface area contributed by atoms with Crippen LogP contribution in [0.25, 0.3) is 6.20 Å². The maximum absolute atomic E-state index is 12.5. The molecule has 0 bridgehead atoms. The van der Waals surface area contributed by atoms with Crippen molar-refractivity contribution in [1.82, 2.24) is 14.7 Å². The highest BCUT2D eigenvalue weighted by molar-refractivity contribution is 5.69. The minimum Gasteiger partial charge on any atom is -0.444 e. The van der Waals surface area contributed by atoms with E-state index in [0.29, 0.717) is 0 Å². The standard InChI is InChI=1S/C17H26N4O2/c1-12-10-18-15-9-13(19-21(15)11-12)14-7-5-6-8-20(14)16(22)23-17(2,3)4/h9,11,14,18H,5-8,10H2,1-4H3. The van der Waals surface area contributed by atoms with Gasteiger partial charge in [0.25, 0.3) is 0 Å². The maximum atomic E-state index is 12.5. The highest BCUT2D eigenvalue weighted by Crippen LogP contribution is 2.33. The first-order chi connectivity index (χ1) is 10.8. The van der Waals surface area contributed by atoms with Crippen molar-refractivity contribution in [1.29, 1.82) is 0 Å². The lowest BCUT2D eigenvalue weighted by Crippen LogP contribution is -2.42. The Morgan fingerprint density at radius 2 is 2.17 bits per heavy atom. The van der Waals surface area contributed by atoms with Crippen LogP contribution in [0.5, 0.6) is 0 Å². The molecular weight excluding hydrogens is 292 g/mol. The second kappa shape index (κ2) is 5.91. The van der Waals surface area contributed by atoms with Gasteiger partial charge in [-0.2, -0.15) is 5.10 Å². The molecule has 3 heterocycles. The van der Waals surface area contributed by atoms with Crippen LogP contribution in [0.3, 0.4) is 0 Å². The summed E-state index contributed by atoms with van der Waals surface area (Å²) < 4.78 is 7.44. The number of carbonyl (C=O) groups is 1. The van der Waals surface area contributed by atoms with E-state index >= 15 is 0 Å². The van der Waals surface area contributed by atoms with Crippen molar-refractivity contribution in [3.63, 3.8) is 0 Å². The molecule has 0 radical (unpaired) electrons. The van der Waals surface area contributed by atoms with E-state index in [1.54, 1.807) is 0 Å². The Hall–Kier alpha value is -1.98. The molecule has 1 N–H and O–H groups in total. The zero-order valence-corrected chi connectivity index (χ0v) is 14.4. The van der Waals surface area contributed by atoms with Crippen molar-refractivity contribution in [2.75, 3.05) is 18.4 Å². The number of rotatable bonds is 1. The quantitative estimate of drug-likeness (QED) is 0.859. The number of hydrogen-bond acceptors (Lipinski definition) is 4. The van der Waals surface area contributed by atoms with Crippen LogP contribution in [0.4, 0.5) is 10.6 Å². The van der Waals surface area contributed by atoms with Gasteiger partial charge in [-0.3, -0.25) is 4.90 Å². The minimum absolute atomic E-state index is 0.00722. The molecule has 6 heteroatoms. The van der Waals surface area contributed by atoms with Crippen molar-refractivity contribution in [2.45, 2.75) is 58.6 Å². The number of carbonyl (C=O) groups excluding carboxylic acids is 1. The van der Waals surface area contributed by atoms with Crippen LogP contribution < -0.4 is 5.32 Å². The van der Waals surface area contributed by atoms with Gasteiger partial charge in [-0.15, -0.1) is 0 Å². The van der Waals surface area contributed by atoms with Crippen LogP contribution in [-0.4, -0.2) is 39.5 Å². The molecule has 1 unspecified atom stereocenters. The van der Waals surface area contributed by atoms with Crippen LogP contribution in [0.2, 0.25) is 0 Å². The van der Waals surface area contributed by atoms with E-state index in [1.807, 2.05) is 36.6 Å². The fraction of sp³-hybridized carbons (Fsp3) is 0.647. The molecule has 1 saturated heterocycles. The molecule has 3 rings (SSSR count). The highest BCUT2D eigenvalue weighted by Gasteiger charge is 2.33. The number of anilines is 1. The number of nitrogens with zero attached hydrogens (tertiary/aromatic N) is 3. The van der Waals surface area contributed by atoms with Gasteiger partial charge in [0.2, 0.25) is 0 Å². The van der Waals surface area contributed by atoms with E-state index in [9.17, 15) is 4.79 Å². The van der Waals surface area contributed by atoms with Crippen LogP contribution in [0, 0.1) is 0 Å². The number of piperidine rings is 1. The lowest BCUT2D eigenvalue weighted by molar-refractivity contribution is 0.00897. The Balaban J connectivity index is 1.83. The molecule has 0 saturated carbocycles. The lowest BCUT2D eigenvalue weighted by Gasteiger charge is -2.35. The zero-order chi connectivity index (χ0) is 16.6. The predicted octanol–water partition coefficient (Wildman–Crippen LogP) is 3.63. The van der Waals surface area contributed by atoms with Crippen molar-refractivity contribution in [3.8, 4) is 0 Å². The van der Waals surface area contributed by atoms with Gasteiger partial charge in [-0.1, -0.05) is 0 Å². The highest BCUT2D eigenvalue weighted by atomic mass is 16.6. The Kier molecular flexibility index (Phi) is 4.08. The molecule has 1 aromatic heterocycles. The Labute approximate surface area is 137 Å². The average Bonchev–Trinajstić information content (AvgIpc) is 2.88. The number of fused-ring (bicyclic) bond motifs is 1. The van der Waals surface area contributed by atoms with E-state index in [2.05, 4.69) is 23.4 Å². The van der Waals surface area contributed by atoms with E-state index < -0.39 is 5.60 Å². The summed E-state index contributed by atoms with van der Waals surface area (Å²) in [4.78, 5) is 14.4. The largest absolute Gasteiger partial charge is 0.444 e. The Bertz CT molecular complexity index is 627. The lowest BCUT2D eigenvalue weighted by atomic mass is 10.00. The number of hydrogen-bond donors (Lipinski definition) is 1. The molecule has 0 aliphatic carbocycles. The van der Waals surface area contributed by atoms with Crippen LogP contribution >= 0.6 is 0 Å². The molecule has 1 aromatic rings. The van der Waals surface area contributed by atoms with Gasteiger partial charge in [-0.05, 0) is 52.5 Å². The topological polar surface area (TPSA) is 59.4 Å². The Morgan fingerprint density at radius 3 is 2.91 bits per heavy atom. The number of likely N-dealkylation sites (tertiary alicyclic amines) is 1. The third-order valence-electron chi connectivity index (χ3n) is 4.12. The summed E-state index contributed by atoms with van der Waals surface area (Å²) in [5, 5.41) is 8.03. The van der Waals surface area contributed by atoms with Crippen molar-refractivity contribution in [3.05, 3.63) is 17.3 Å². The number of ether oxygens (including phenoxy) is 1. The average molecular weight is 318 g/mol. The third-order valence-corrected chi connectivity index (χ3v) is 4.12. The normalized spacial score (nSPS) is 21.3. The molecule has 1 atom stereocenters. The molecule has 23 heavy (non-hydrogen) atoms. The maximum Gasteiger partial charge on any atom is 0.410 e. The van der Waals surface area contributed by atoms with Gasteiger partial charge in [-0.25, -0.2) is 9.48 Å². The summed E-state index contributed by atoms with van der Waals surface area (Å²) >= 11 is 0. The zero-order valence-electron chi connectivity index (χ0n) is 14.4. The monoisotopic (exact) mass is 318 g/mol.